The maximum atomic E-state index is 11.2. The number of carbonyl (C=O) groups excluding carboxylic acids is 2. The van der Waals surface area contributed by atoms with Gasteiger partial charge in [-0.1, -0.05) is 12.8 Å². The number of thioether (sulfide) groups is 2. The van der Waals surface area contributed by atoms with Crippen molar-refractivity contribution < 1.29 is 81.6 Å². The summed E-state index contributed by atoms with van der Waals surface area (Å²) < 4.78 is 22.1. The van der Waals surface area contributed by atoms with Crippen molar-refractivity contribution in [3.8, 4) is 0 Å². The molecule has 0 bridgehead atoms. The molecule has 14 nitrogen and oxygen atoms in total. The summed E-state index contributed by atoms with van der Waals surface area (Å²) in [4.78, 5) is 22.5. The average Bonchev–Trinajstić information content (AvgIpc) is 2.99. The molecule has 0 aliphatic carbocycles. The summed E-state index contributed by atoms with van der Waals surface area (Å²) in [6, 6.07) is -1.72. The van der Waals surface area contributed by atoms with Gasteiger partial charge in [-0.3, -0.25) is 9.59 Å². The monoisotopic (exact) mass is 871 g/mol. The summed E-state index contributed by atoms with van der Waals surface area (Å²) in [7, 11) is 0. The summed E-state index contributed by atoms with van der Waals surface area (Å²) in [6.45, 7) is 2.62. The van der Waals surface area contributed by atoms with Gasteiger partial charge in [-0.15, -0.1) is 0 Å². The Balaban J connectivity index is 0.000000842. The van der Waals surface area contributed by atoms with E-state index in [9.17, 15) is 40.2 Å². The first kappa shape index (κ1) is 45.0. The number of hydrogen-bond donors (Lipinski definition) is 8. The third kappa shape index (κ3) is 16.8. The minimum absolute atomic E-state index is 0. The van der Waals surface area contributed by atoms with E-state index in [1.54, 1.807) is 23.5 Å². The molecule has 1 radical (unpaired) electrons. The number of hydrogen-bond acceptors (Lipinski definition) is 14. The first-order valence-electron chi connectivity index (χ1n) is 15.0. The molecule has 45 heavy (non-hydrogen) atoms. The van der Waals surface area contributed by atoms with Gasteiger partial charge in [0, 0.05) is 49.4 Å². The second kappa shape index (κ2) is 25.9. The van der Waals surface area contributed by atoms with E-state index in [-0.39, 0.29) is 34.2 Å². The molecule has 271 valence electrons. The zero-order valence-corrected chi connectivity index (χ0v) is 30.3. The third-order valence-electron chi connectivity index (χ3n) is 7.05. The Kier molecular flexibility index (Phi) is 25.9. The molecule has 2 amide bonds. The normalized spacial score (nSPS) is 31.2. The zero-order chi connectivity index (χ0) is 33.1. The molecule has 4 unspecified atom stereocenters. The summed E-state index contributed by atoms with van der Waals surface area (Å²) in [5, 5.41) is 63.4. The Morgan fingerprint density at radius 2 is 1.00 bits per heavy atom. The Morgan fingerprint density at radius 1 is 0.644 bits per heavy atom. The van der Waals surface area contributed by atoms with Crippen LogP contribution >= 0.6 is 23.5 Å². The number of nitrogens with one attached hydrogen (secondary N) is 2. The van der Waals surface area contributed by atoms with Crippen LogP contribution in [-0.2, 0) is 50.9 Å². The van der Waals surface area contributed by atoms with E-state index >= 15 is 0 Å². The van der Waals surface area contributed by atoms with Gasteiger partial charge in [0.05, 0.1) is 13.2 Å². The number of rotatable bonds is 18. The van der Waals surface area contributed by atoms with Gasteiger partial charge in [0.15, 0.2) is 12.6 Å². The largest absolute Gasteiger partial charge is 0.394 e. The first-order valence-corrected chi connectivity index (χ1v) is 17.8. The van der Waals surface area contributed by atoms with Crippen LogP contribution in [0.15, 0.2) is 0 Å². The number of amides is 2. The van der Waals surface area contributed by atoms with Gasteiger partial charge < -0.3 is 60.2 Å². The molecule has 0 aromatic heterocycles. The molecular formula is C28H54AuN2O12S2. The fourth-order valence-electron chi connectivity index (χ4n) is 4.68. The van der Waals surface area contributed by atoms with Gasteiger partial charge in [0.1, 0.15) is 48.7 Å². The van der Waals surface area contributed by atoms with Gasteiger partial charge in [-0.2, -0.15) is 23.5 Å². The Morgan fingerprint density at radius 3 is 1.29 bits per heavy atom. The van der Waals surface area contributed by atoms with Crippen LogP contribution in [0.4, 0.5) is 0 Å². The molecule has 0 saturated carbocycles. The van der Waals surface area contributed by atoms with E-state index < -0.39 is 74.5 Å². The fourth-order valence-corrected chi connectivity index (χ4v) is 5.66. The van der Waals surface area contributed by atoms with Crippen LogP contribution in [0.3, 0.4) is 0 Å². The molecule has 2 saturated heterocycles. The smallest absolute Gasteiger partial charge is 0.217 e. The summed E-state index contributed by atoms with van der Waals surface area (Å²) in [6.07, 6.45) is 1.36. The van der Waals surface area contributed by atoms with E-state index in [0.717, 1.165) is 50.0 Å². The van der Waals surface area contributed by atoms with Crippen LogP contribution in [0.5, 0.6) is 0 Å². The zero-order valence-electron chi connectivity index (χ0n) is 26.5. The molecule has 8 N–H and O–H groups in total. The Labute approximate surface area is 290 Å². The second-order valence-electron chi connectivity index (χ2n) is 10.7. The number of ether oxygens (including phenoxy) is 4. The number of aliphatic hydroxyl groups excluding tert-OH is 6. The van der Waals surface area contributed by atoms with Gasteiger partial charge in [0.2, 0.25) is 11.8 Å². The molecule has 0 spiro atoms. The van der Waals surface area contributed by atoms with Crippen LogP contribution in [0.1, 0.15) is 52.4 Å². The number of unbranched alkanes of at least 4 members (excludes halogenated alkanes) is 4. The fraction of sp³-hybridized carbons (Fsp3) is 0.929. The third-order valence-corrected chi connectivity index (χ3v) is 8.45. The minimum atomic E-state index is -1.27. The summed E-state index contributed by atoms with van der Waals surface area (Å²) in [5.41, 5.74) is 0. The van der Waals surface area contributed by atoms with Crippen molar-refractivity contribution in [1.82, 2.24) is 10.6 Å². The van der Waals surface area contributed by atoms with Crippen LogP contribution in [-0.4, -0.2) is 154 Å². The average molecular weight is 872 g/mol. The van der Waals surface area contributed by atoms with Crippen molar-refractivity contribution in [3.05, 3.63) is 0 Å². The molecule has 10 atom stereocenters. The topological polar surface area (TPSA) is 216 Å². The molecule has 2 fully saturated rings. The second-order valence-corrected chi connectivity index (χ2v) is 12.7. The quantitative estimate of drug-likeness (QED) is 0.0611. The number of aliphatic hydroxyl groups is 6. The minimum Gasteiger partial charge on any atom is -0.394 e. The van der Waals surface area contributed by atoms with E-state index in [2.05, 4.69) is 23.1 Å². The Bertz CT molecular complexity index is 734. The van der Waals surface area contributed by atoms with Crippen molar-refractivity contribution in [3.63, 3.8) is 0 Å². The van der Waals surface area contributed by atoms with Gasteiger partial charge in [-0.25, -0.2) is 0 Å². The molecular weight excluding hydrogens is 817 g/mol. The predicted octanol–water partition coefficient (Wildman–Crippen LogP) is -1.04. The van der Waals surface area contributed by atoms with E-state index in [0.29, 0.717) is 13.2 Å². The van der Waals surface area contributed by atoms with Gasteiger partial charge in [0.25, 0.3) is 0 Å². The van der Waals surface area contributed by atoms with Gasteiger partial charge >= 0.3 is 0 Å². The predicted molar refractivity (Wildman–Crippen MR) is 167 cm³/mol. The number of carbonyl (C=O) groups is 2. The molecule has 17 heteroatoms. The standard InChI is InChI=1S/2C14H27NO6S.Au/c2*1-9(17)15-11-13(19)12(18)10(8-16)21-14(11)20-6-4-3-5-7-22-2;/h2*10-14,16,18-19H,3-8H2,1-2H3,(H,15,17);/t2*10?,11?,12-,13+,14-;/m10./s1. The molecule has 2 aliphatic rings. The molecule has 0 aromatic rings. The molecule has 2 heterocycles. The SMILES string of the molecule is CSCCCCCO[C@@H]1OC(CO)[C@@H](O)[C@@H](O)C1NC(C)=O.CSCCCCCO[C@H]1OC(CO)[C@H](O)[C@H](O)C1NC(C)=O.[Au]. The summed E-state index contributed by atoms with van der Waals surface area (Å²) >= 11 is 3.59. The summed E-state index contributed by atoms with van der Waals surface area (Å²) in [5.74, 6) is 1.50. The molecule has 2 rings (SSSR count). The van der Waals surface area contributed by atoms with Crippen molar-refractivity contribution in [2.24, 2.45) is 0 Å². The van der Waals surface area contributed by atoms with E-state index in [1.165, 1.54) is 13.8 Å². The van der Waals surface area contributed by atoms with Crippen LogP contribution < -0.4 is 10.6 Å². The van der Waals surface area contributed by atoms with Crippen LogP contribution in [0, 0.1) is 0 Å². The Hall–Kier alpha value is -0.0197. The van der Waals surface area contributed by atoms with Crippen LogP contribution in [0.2, 0.25) is 0 Å². The first-order chi connectivity index (χ1) is 21.0. The molecule has 0 aromatic carbocycles. The maximum absolute atomic E-state index is 11.2. The van der Waals surface area contributed by atoms with Crippen molar-refractivity contribution in [2.45, 2.75) is 114 Å². The van der Waals surface area contributed by atoms with Crippen molar-refractivity contribution >= 4 is 35.3 Å². The molecule has 2 aliphatic heterocycles. The van der Waals surface area contributed by atoms with Gasteiger partial charge in [-0.05, 0) is 49.7 Å². The van der Waals surface area contributed by atoms with Crippen molar-refractivity contribution in [1.29, 1.82) is 0 Å². The van der Waals surface area contributed by atoms with E-state index in [1.807, 2.05) is 0 Å². The van der Waals surface area contributed by atoms with E-state index in [4.69, 9.17) is 18.9 Å². The van der Waals surface area contributed by atoms with Crippen LogP contribution in [0.25, 0.3) is 0 Å². The maximum Gasteiger partial charge on any atom is 0.217 e. The van der Waals surface area contributed by atoms with Crippen molar-refractivity contribution in [2.75, 3.05) is 50.4 Å².